The van der Waals surface area contributed by atoms with Gasteiger partial charge >= 0.3 is 0 Å². The van der Waals surface area contributed by atoms with E-state index < -0.39 is 0 Å². The van der Waals surface area contributed by atoms with Gasteiger partial charge in [-0.3, -0.25) is 4.79 Å². The average Bonchev–Trinajstić information content (AvgIpc) is 2.47. The molecule has 1 N–H and O–H groups in total. The normalized spacial score (nSPS) is 9.83. The summed E-state index contributed by atoms with van der Waals surface area (Å²) in [6, 6.07) is 1.95. The minimum atomic E-state index is -0.138. The topological polar surface area (TPSA) is 34.0 Å². The molecule has 0 unspecified atom stereocenters. The molecule has 1 aromatic heterocycles. The fraction of sp³-hybridized carbons (Fsp3) is 0.375. The summed E-state index contributed by atoms with van der Waals surface area (Å²) in [6.07, 6.45) is 3.89. The summed E-state index contributed by atoms with van der Waals surface area (Å²) < 4.78 is 1.93. The molecule has 1 heterocycles. The van der Waals surface area contributed by atoms with E-state index in [0.29, 0.717) is 6.54 Å². The second kappa shape index (κ2) is 4.16. The molecule has 0 saturated carbocycles. The van der Waals surface area contributed by atoms with Crippen LogP contribution in [-0.4, -0.2) is 16.4 Å². The summed E-state index contributed by atoms with van der Waals surface area (Å²) in [5.41, 5.74) is 1.08. The van der Waals surface area contributed by atoms with Gasteiger partial charge in [0.2, 0.25) is 5.91 Å². The first-order valence-electron chi connectivity index (χ1n) is 3.66. The third kappa shape index (κ3) is 2.58. The van der Waals surface area contributed by atoms with E-state index in [-0.39, 0.29) is 11.8 Å². The molecule has 66 valence electrons. The van der Waals surface area contributed by atoms with E-state index in [1.807, 2.05) is 30.1 Å². The van der Waals surface area contributed by atoms with E-state index >= 15 is 0 Å². The summed E-state index contributed by atoms with van der Waals surface area (Å²) in [6.45, 7) is 0.548. The highest BCUT2D eigenvalue weighted by Crippen LogP contribution is 1.98. The van der Waals surface area contributed by atoms with Crippen LogP contribution in [0, 0.1) is 0 Å². The quantitative estimate of drug-likeness (QED) is 0.699. The molecule has 1 rings (SSSR count). The maximum atomic E-state index is 10.7. The molecule has 1 aromatic rings. The zero-order valence-electron chi connectivity index (χ0n) is 6.88. The number of aromatic nitrogens is 1. The number of nitrogens with zero attached hydrogens (tertiary/aromatic N) is 1. The van der Waals surface area contributed by atoms with E-state index in [4.69, 9.17) is 11.6 Å². The van der Waals surface area contributed by atoms with E-state index in [1.54, 1.807) is 0 Å². The smallest absolute Gasteiger partial charge is 0.235 e. The van der Waals surface area contributed by atoms with Crippen molar-refractivity contribution in [3.05, 3.63) is 24.0 Å². The molecule has 0 spiro atoms. The van der Waals surface area contributed by atoms with E-state index in [0.717, 1.165) is 5.56 Å². The molecular formula is C8H11ClN2O. The Balaban J connectivity index is 2.38. The predicted molar refractivity (Wildman–Crippen MR) is 48.0 cm³/mol. The largest absolute Gasteiger partial charge is 0.357 e. The van der Waals surface area contributed by atoms with Gasteiger partial charge in [0.05, 0.1) is 0 Å². The van der Waals surface area contributed by atoms with Crippen molar-refractivity contribution in [2.75, 3.05) is 5.88 Å². The molecule has 0 fully saturated rings. The van der Waals surface area contributed by atoms with Crippen LogP contribution in [0.4, 0.5) is 0 Å². The van der Waals surface area contributed by atoms with Crippen LogP contribution in [-0.2, 0) is 18.4 Å². The molecule has 0 atom stereocenters. The monoisotopic (exact) mass is 186 g/mol. The summed E-state index contributed by atoms with van der Waals surface area (Å²) in [4.78, 5) is 10.7. The van der Waals surface area contributed by atoms with Gasteiger partial charge in [0, 0.05) is 26.0 Å². The molecule has 0 aliphatic rings. The van der Waals surface area contributed by atoms with Crippen molar-refractivity contribution in [1.29, 1.82) is 0 Å². The van der Waals surface area contributed by atoms with Gasteiger partial charge < -0.3 is 9.88 Å². The molecule has 3 nitrogen and oxygen atoms in total. The van der Waals surface area contributed by atoms with Crippen LogP contribution in [0.3, 0.4) is 0 Å². The SMILES string of the molecule is Cn1ccc(CNC(=O)CCl)c1. The van der Waals surface area contributed by atoms with Gasteiger partial charge in [-0.25, -0.2) is 0 Å². The van der Waals surface area contributed by atoms with Crippen LogP contribution in [0.15, 0.2) is 18.5 Å². The van der Waals surface area contributed by atoms with Crippen LogP contribution < -0.4 is 5.32 Å². The molecular weight excluding hydrogens is 176 g/mol. The Hall–Kier alpha value is -0.960. The van der Waals surface area contributed by atoms with Crippen molar-refractivity contribution in [3.63, 3.8) is 0 Å². The van der Waals surface area contributed by atoms with Crippen molar-refractivity contribution < 1.29 is 4.79 Å². The Labute approximate surface area is 76.3 Å². The number of hydrogen-bond donors (Lipinski definition) is 1. The Bertz CT molecular complexity index is 270. The second-order valence-corrected chi connectivity index (χ2v) is 2.86. The second-order valence-electron chi connectivity index (χ2n) is 2.60. The van der Waals surface area contributed by atoms with Crippen molar-refractivity contribution >= 4 is 17.5 Å². The Kier molecular flexibility index (Phi) is 3.17. The molecule has 0 radical (unpaired) electrons. The molecule has 12 heavy (non-hydrogen) atoms. The van der Waals surface area contributed by atoms with Crippen LogP contribution in [0.1, 0.15) is 5.56 Å². The van der Waals surface area contributed by atoms with Crippen molar-refractivity contribution in [2.45, 2.75) is 6.54 Å². The predicted octanol–water partition coefficient (Wildman–Crippen LogP) is 0.880. The Morgan fingerprint density at radius 2 is 2.50 bits per heavy atom. The lowest BCUT2D eigenvalue weighted by molar-refractivity contribution is -0.118. The summed E-state index contributed by atoms with van der Waals surface area (Å²) in [5, 5.41) is 2.68. The molecule has 0 aliphatic heterocycles. The van der Waals surface area contributed by atoms with Crippen LogP contribution in [0.2, 0.25) is 0 Å². The summed E-state index contributed by atoms with van der Waals surface area (Å²) >= 11 is 5.31. The van der Waals surface area contributed by atoms with Crippen LogP contribution in [0.5, 0.6) is 0 Å². The number of rotatable bonds is 3. The molecule has 0 aromatic carbocycles. The maximum Gasteiger partial charge on any atom is 0.235 e. The lowest BCUT2D eigenvalue weighted by Gasteiger charge is -1.99. The molecule has 0 aliphatic carbocycles. The highest BCUT2D eigenvalue weighted by molar-refractivity contribution is 6.27. The molecule has 1 amide bonds. The summed E-state index contributed by atoms with van der Waals surface area (Å²) in [5.74, 6) is -0.118. The zero-order valence-corrected chi connectivity index (χ0v) is 7.64. The van der Waals surface area contributed by atoms with Gasteiger partial charge in [0.1, 0.15) is 5.88 Å². The zero-order chi connectivity index (χ0) is 8.97. The Morgan fingerprint density at radius 1 is 1.75 bits per heavy atom. The van der Waals surface area contributed by atoms with Gasteiger partial charge in [-0.2, -0.15) is 0 Å². The number of amides is 1. The number of nitrogens with one attached hydrogen (secondary N) is 1. The van der Waals surface area contributed by atoms with Gasteiger partial charge in [-0.05, 0) is 11.6 Å². The fourth-order valence-corrected chi connectivity index (χ4v) is 1.01. The maximum absolute atomic E-state index is 10.7. The number of aryl methyl sites for hydroxylation is 1. The van der Waals surface area contributed by atoms with E-state index in [2.05, 4.69) is 5.32 Å². The van der Waals surface area contributed by atoms with Gasteiger partial charge in [-0.15, -0.1) is 11.6 Å². The highest BCUT2D eigenvalue weighted by atomic mass is 35.5. The first-order valence-corrected chi connectivity index (χ1v) is 4.19. The molecule has 4 heteroatoms. The summed E-state index contributed by atoms with van der Waals surface area (Å²) in [7, 11) is 1.94. The van der Waals surface area contributed by atoms with E-state index in [1.165, 1.54) is 0 Å². The number of halogens is 1. The fourth-order valence-electron chi connectivity index (χ4n) is 0.913. The third-order valence-electron chi connectivity index (χ3n) is 1.50. The average molecular weight is 187 g/mol. The number of carbonyl (C=O) groups excluding carboxylic acids is 1. The van der Waals surface area contributed by atoms with Crippen molar-refractivity contribution in [3.8, 4) is 0 Å². The number of hydrogen-bond acceptors (Lipinski definition) is 1. The van der Waals surface area contributed by atoms with Gasteiger partial charge in [0.25, 0.3) is 0 Å². The highest BCUT2D eigenvalue weighted by Gasteiger charge is 1.98. The van der Waals surface area contributed by atoms with Crippen molar-refractivity contribution in [1.82, 2.24) is 9.88 Å². The number of carbonyl (C=O) groups is 1. The van der Waals surface area contributed by atoms with Crippen LogP contribution in [0.25, 0.3) is 0 Å². The van der Waals surface area contributed by atoms with Crippen LogP contribution >= 0.6 is 11.6 Å². The third-order valence-corrected chi connectivity index (χ3v) is 1.75. The van der Waals surface area contributed by atoms with E-state index in [9.17, 15) is 4.79 Å². The standard InChI is InChI=1S/C8H11ClN2O/c1-11-3-2-7(6-11)5-10-8(12)4-9/h2-3,6H,4-5H2,1H3,(H,10,12). The minimum Gasteiger partial charge on any atom is -0.357 e. The first-order chi connectivity index (χ1) is 5.72. The lowest BCUT2D eigenvalue weighted by Crippen LogP contribution is -2.23. The first kappa shape index (κ1) is 9.13. The minimum absolute atomic E-state index is 0.0207. The van der Waals surface area contributed by atoms with Gasteiger partial charge in [-0.1, -0.05) is 0 Å². The number of alkyl halides is 1. The lowest BCUT2D eigenvalue weighted by atomic mass is 10.3. The van der Waals surface area contributed by atoms with Crippen molar-refractivity contribution in [2.24, 2.45) is 7.05 Å². The Morgan fingerprint density at radius 3 is 3.00 bits per heavy atom. The molecule has 0 saturated heterocycles. The molecule has 0 bridgehead atoms. The van der Waals surface area contributed by atoms with Gasteiger partial charge in [0.15, 0.2) is 0 Å².